The first kappa shape index (κ1) is 16.9. The monoisotopic (exact) mass is 349 g/mol. The lowest BCUT2D eigenvalue weighted by atomic mass is 10.1. The van der Waals surface area contributed by atoms with Gasteiger partial charge in [-0.15, -0.1) is 5.10 Å². The Morgan fingerprint density at radius 3 is 2.92 bits per heavy atom. The molecule has 1 amide bonds. The molecule has 3 rings (SSSR count). The van der Waals surface area contributed by atoms with E-state index in [2.05, 4.69) is 20.8 Å². The minimum atomic E-state index is -0.239. The quantitative estimate of drug-likeness (QED) is 0.777. The number of amides is 1. The molecule has 1 N–H and O–H groups in total. The molecule has 0 radical (unpaired) electrons. The molecule has 0 saturated heterocycles. The van der Waals surface area contributed by atoms with Crippen LogP contribution < -0.4 is 5.32 Å². The third-order valence-corrected chi connectivity index (χ3v) is 5.07. The summed E-state index contributed by atoms with van der Waals surface area (Å²) in [7, 11) is 0. The van der Waals surface area contributed by atoms with Gasteiger partial charge in [-0.05, 0) is 41.3 Å². The van der Waals surface area contributed by atoms with Crippen molar-refractivity contribution < 1.29 is 9.18 Å². The molecule has 1 fully saturated rings. The molecule has 6 nitrogen and oxygen atoms in total. The summed E-state index contributed by atoms with van der Waals surface area (Å²) in [5.41, 5.74) is 0.607. The number of benzene rings is 1. The standard InChI is InChI=1S/C16H20FN5OS/c17-14-8-4-1-5-12(14)9-10-18-15(23)11-24-16-19-20-21-22(16)13-6-2-3-7-13/h1,4-5,8,13H,2-3,6-7,9-11H2,(H,18,23). The normalized spacial score (nSPS) is 14.9. The Kier molecular flexibility index (Phi) is 5.79. The lowest BCUT2D eigenvalue weighted by molar-refractivity contribution is -0.118. The number of nitrogens with zero attached hydrogens (tertiary/aromatic N) is 4. The zero-order chi connectivity index (χ0) is 16.8. The van der Waals surface area contributed by atoms with Crippen LogP contribution in [-0.2, 0) is 11.2 Å². The van der Waals surface area contributed by atoms with Gasteiger partial charge in [-0.25, -0.2) is 9.07 Å². The molecule has 0 aliphatic heterocycles. The molecular weight excluding hydrogens is 329 g/mol. The number of tetrazole rings is 1. The molecule has 24 heavy (non-hydrogen) atoms. The summed E-state index contributed by atoms with van der Waals surface area (Å²) in [6.07, 6.45) is 5.06. The number of thioether (sulfide) groups is 1. The maximum Gasteiger partial charge on any atom is 0.230 e. The molecule has 1 heterocycles. The molecule has 8 heteroatoms. The van der Waals surface area contributed by atoms with Gasteiger partial charge >= 0.3 is 0 Å². The Labute approximate surface area is 144 Å². The maximum atomic E-state index is 13.5. The molecule has 0 unspecified atom stereocenters. The van der Waals surface area contributed by atoms with E-state index < -0.39 is 0 Å². The summed E-state index contributed by atoms with van der Waals surface area (Å²) in [5, 5.41) is 15.3. The van der Waals surface area contributed by atoms with Crippen molar-refractivity contribution >= 4 is 17.7 Å². The summed E-state index contributed by atoms with van der Waals surface area (Å²) in [5.74, 6) is -0.0844. The van der Waals surface area contributed by atoms with Crippen molar-refractivity contribution in [2.24, 2.45) is 0 Å². The molecular formula is C16H20FN5OS. The second-order valence-electron chi connectivity index (χ2n) is 5.82. The molecule has 1 aliphatic carbocycles. The van der Waals surface area contributed by atoms with E-state index in [1.54, 1.807) is 18.2 Å². The van der Waals surface area contributed by atoms with Crippen molar-refractivity contribution in [2.75, 3.05) is 12.3 Å². The van der Waals surface area contributed by atoms with Crippen molar-refractivity contribution in [3.8, 4) is 0 Å². The molecule has 0 spiro atoms. The van der Waals surface area contributed by atoms with Gasteiger partial charge in [0.25, 0.3) is 0 Å². The van der Waals surface area contributed by atoms with E-state index in [1.807, 2.05) is 4.68 Å². The van der Waals surface area contributed by atoms with Gasteiger partial charge in [-0.3, -0.25) is 4.79 Å². The van der Waals surface area contributed by atoms with E-state index in [4.69, 9.17) is 0 Å². The number of aromatic nitrogens is 4. The molecule has 128 valence electrons. The highest BCUT2D eigenvalue weighted by Crippen LogP contribution is 2.31. The van der Waals surface area contributed by atoms with Crippen LogP contribution in [0.1, 0.15) is 37.3 Å². The summed E-state index contributed by atoms with van der Waals surface area (Å²) >= 11 is 1.34. The fourth-order valence-corrected chi connectivity index (χ4v) is 3.65. The van der Waals surface area contributed by atoms with Crippen LogP contribution in [0.25, 0.3) is 0 Å². The van der Waals surface area contributed by atoms with Crippen LogP contribution in [-0.4, -0.2) is 38.4 Å². The number of carbonyl (C=O) groups excluding carboxylic acids is 1. The molecule has 1 aromatic carbocycles. The molecule has 2 aromatic rings. The third kappa shape index (κ3) is 4.31. The average Bonchev–Trinajstić information content (AvgIpc) is 3.25. The first-order chi connectivity index (χ1) is 11.7. The number of hydrogen-bond donors (Lipinski definition) is 1. The molecule has 0 atom stereocenters. The smallest absolute Gasteiger partial charge is 0.230 e. The van der Waals surface area contributed by atoms with Crippen LogP contribution in [0.3, 0.4) is 0 Å². The molecule has 1 aromatic heterocycles. The largest absolute Gasteiger partial charge is 0.355 e. The van der Waals surface area contributed by atoms with E-state index in [0.717, 1.165) is 12.8 Å². The number of halogens is 1. The minimum Gasteiger partial charge on any atom is -0.355 e. The summed E-state index contributed by atoms with van der Waals surface area (Å²) < 4.78 is 15.3. The highest BCUT2D eigenvalue weighted by atomic mass is 32.2. The summed E-state index contributed by atoms with van der Waals surface area (Å²) in [4.78, 5) is 11.9. The fourth-order valence-electron chi connectivity index (χ4n) is 2.88. The van der Waals surface area contributed by atoms with Crippen molar-refractivity contribution in [3.05, 3.63) is 35.6 Å². The Hall–Kier alpha value is -1.96. The van der Waals surface area contributed by atoms with Crippen molar-refractivity contribution in [1.82, 2.24) is 25.5 Å². The van der Waals surface area contributed by atoms with Crippen molar-refractivity contribution in [2.45, 2.75) is 43.3 Å². The predicted octanol–water partition coefficient (Wildman–Crippen LogP) is 2.38. The second-order valence-corrected chi connectivity index (χ2v) is 6.77. The Balaban J connectivity index is 1.43. The van der Waals surface area contributed by atoms with Gasteiger partial charge in [0.2, 0.25) is 11.1 Å². The first-order valence-electron chi connectivity index (χ1n) is 8.15. The van der Waals surface area contributed by atoms with Gasteiger partial charge in [-0.2, -0.15) is 0 Å². The third-order valence-electron chi connectivity index (χ3n) is 4.14. The van der Waals surface area contributed by atoms with Gasteiger partial charge in [0.1, 0.15) is 5.82 Å². The van der Waals surface area contributed by atoms with E-state index in [0.29, 0.717) is 29.7 Å². The number of rotatable bonds is 7. The predicted molar refractivity (Wildman–Crippen MR) is 89.2 cm³/mol. The van der Waals surface area contributed by atoms with Crippen LogP contribution in [0.5, 0.6) is 0 Å². The second kappa shape index (κ2) is 8.23. The Bertz CT molecular complexity index is 687. The van der Waals surface area contributed by atoms with Crippen molar-refractivity contribution in [3.63, 3.8) is 0 Å². The molecule has 1 saturated carbocycles. The van der Waals surface area contributed by atoms with E-state index in [-0.39, 0.29) is 17.5 Å². The van der Waals surface area contributed by atoms with Gasteiger partial charge in [0.05, 0.1) is 11.8 Å². The lowest BCUT2D eigenvalue weighted by Crippen LogP contribution is -2.27. The van der Waals surface area contributed by atoms with Gasteiger partial charge in [0.15, 0.2) is 0 Å². The molecule has 0 bridgehead atoms. The van der Waals surface area contributed by atoms with Crippen molar-refractivity contribution in [1.29, 1.82) is 0 Å². The number of nitrogens with one attached hydrogen (secondary N) is 1. The van der Waals surface area contributed by atoms with Gasteiger partial charge < -0.3 is 5.32 Å². The summed E-state index contributed by atoms with van der Waals surface area (Å²) in [6.45, 7) is 0.411. The lowest BCUT2D eigenvalue weighted by Gasteiger charge is -2.10. The first-order valence-corrected chi connectivity index (χ1v) is 9.13. The molecule has 1 aliphatic rings. The van der Waals surface area contributed by atoms with E-state index in [9.17, 15) is 9.18 Å². The number of hydrogen-bond acceptors (Lipinski definition) is 5. The van der Waals surface area contributed by atoms with Crippen LogP contribution in [0, 0.1) is 5.82 Å². The van der Waals surface area contributed by atoms with Crippen LogP contribution in [0.2, 0.25) is 0 Å². The van der Waals surface area contributed by atoms with Gasteiger partial charge in [-0.1, -0.05) is 42.8 Å². The zero-order valence-electron chi connectivity index (χ0n) is 13.3. The fraction of sp³-hybridized carbons (Fsp3) is 0.500. The topological polar surface area (TPSA) is 72.7 Å². The minimum absolute atomic E-state index is 0.0997. The highest BCUT2D eigenvalue weighted by molar-refractivity contribution is 7.99. The van der Waals surface area contributed by atoms with Crippen LogP contribution in [0.15, 0.2) is 29.4 Å². The van der Waals surface area contributed by atoms with E-state index in [1.165, 1.54) is 30.7 Å². The SMILES string of the molecule is O=C(CSc1nnnn1C1CCCC1)NCCc1ccccc1F. The summed E-state index contributed by atoms with van der Waals surface area (Å²) in [6, 6.07) is 6.95. The van der Waals surface area contributed by atoms with Gasteiger partial charge in [0, 0.05) is 6.54 Å². The van der Waals surface area contributed by atoms with Crippen LogP contribution in [0.4, 0.5) is 4.39 Å². The average molecular weight is 349 g/mol. The van der Waals surface area contributed by atoms with E-state index >= 15 is 0 Å². The Morgan fingerprint density at radius 1 is 1.33 bits per heavy atom. The zero-order valence-corrected chi connectivity index (χ0v) is 14.1. The highest BCUT2D eigenvalue weighted by Gasteiger charge is 2.22. The maximum absolute atomic E-state index is 13.5. The van der Waals surface area contributed by atoms with Crippen LogP contribution >= 0.6 is 11.8 Å². The number of carbonyl (C=O) groups is 1. The Morgan fingerprint density at radius 2 is 2.12 bits per heavy atom.